The minimum atomic E-state index is 0.606. The van der Waals surface area contributed by atoms with Gasteiger partial charge in [-0.2, -0.15) is 0 Å². The first kappa shape index (κ1) is 7.35. The van der Waals surface area contributed by atoms with Crippen molar-refractivity contribution in [3.8, 4) is 0 Å². The van der Waals surface area contributed by atoms with Crippen molar-refractivity contribution >= 4 is 0 Å². The molecule has 2 fully saturated rings. The molecule has 1 aliphatic heterocycles. The van der Waals surface area contributed by atoms with Crippen LogP contribution in [0.5, 0.6) is 0 Å². The molecule has 62 valence electrons. The lowest BCUT2D eigenvalue weighted by atomic mass is 9.96. The van der Waals surface area contributed by atoms with Gasteiger partial charge in [-0.15, -0.1) is 6.58 Å². The van der Waals surface area contributed by atoms with Gasteiger partial charge in [0.1, 0.15) is 0 Å². The molecule has 0 bridgehead atoms. The van der Waals surface area contributed by atoms with Crippen LogP contribution in [-0.2, 0) is 0 Å². The summed E-state index contributed by atoms with van der Waals surface area (Å²) in [4.78, 5) is 0. The zero-order valence-electron chi connectivity index (χ0n) is 7.05. The van der Waals surface area contributed by atoms with Crippen molar-refractivity contribution in [2.45, 2.75) is 44.2 Å². The van der Waals surface area contributed by atoms with Crippen molar-refractivity contribution in [3.63, 3.8) is 0 Å². The minimum Gasteiger partial charge on any atom is -0.308 e. The molecule has 1 heterocycles. The zero-order chi connectivity index (χ0) is 7.68. The maximum Gasteiger partial charge on any atom is 0.0250 e. The molecule has 1 heteroatoms. The second kappa shape index (κ2) is 2.98. The van der Waals surface area contributed by atoms with Crippen molar-refractivity contribution in [2.75, 3.05) is 0 Å². The van der Waals surface area contributed by atoms with E-state index in [9.17, 15) is 0 Å². The van der Waals surface area contributed by atoms with Gasteiger partial charge >= 0.3 is 0 Å². The molecular weight excluding hydrogens is 134 g/mol. The van der Waals surface area contributed by atoms with Crippen molar-refractivity contribution < 1.29 is 0 Å². The summed E-state index contributed by atoms with van der Waals surface area (Å²) in [7, 11) is 0. The van der Waals surface area contributed by atoms with Crippen LogP contribution >= 0.6 is 0 Å². The molecule has 1 nitrogen and oxygen atoms in total. The van der Waals surface area contributed by atoms with E-state index in [0.29, 0.717) is 6.04 Å². The standard InChI is InChI=1S/C10H17N/c1-2-9-4-3-5-10(11-9)8-6-7-8/h2,8-11H,1,3-7H2. The van der Waals surface area contributed by atoms with Crippen molar-refractivity contribution in [2.24, 2.45) is 5.92 Å². The molecule has 0 aromatic heterocycles. The Balaban J connectivity index is 1.86. The Morgan fingerprint density at radius 3 is 2.64 bits per heavy atom. The van der Waals surface area contributed by atoms with Crippen LogP contribution in [0.1, 0.15) is 32.1 Å². The van der Waals surface area contributed by atoms with E-state index in [1.54, 1.807) is 0 Å². The molecule has 11 heavy (non-hydrogen) atoms. The summed E-state index contributed by atoms with van der Waals surface area (Å²) in [6.07, 6.45) is 9.07. The fraction of sp³-hybridized carbons (Fsp3) is 0.800. The lowest BCUT2D eigenvalue weighted by Gasteiger charge is -2.29. The lowest BCUT2D eigenvalue weighted by Crippen LogP contribution is -2.42. The van der Waals surface area contributed by atoms with Crippen LogP contribution in [0.25, 0.3) is 0 Å². The maximum absolute atomic E-state index is 3.84. The Kier molecular flexibility index (Phi) is 1.99. The number of rotatable bonds is 2. The fourth-order valence-electron chi connectivity index (χ4n) is 2.06. The molecule has 1 aliphatic carbocycles. The van der Waals surface area contributed by atoms with E-state index in [4.69, 9.17) is 0 Å². The van der Waals surface area contributed by atoms with Crippen molar-refractivity contribution in [1.82, 2.24) is 5.32 Å². The predicted molar refractivity (Wildman–Crippen MR) is 47.5 cm³/mol. The molecule has 1 saturated heterocycles. The van der Waals surface area contributed by atoms with Crippen molar-refractivity contribution in [1.29, 1.82) is 0 Å². The largest absolute Gasteiger partial charge is 0.308 e. The average molecular weight is 151 g/mol. The summed E-state index contributed by atoms with van der Waals surface area (Å²) >= 11 is 0. The molecule has 0 spiro atoms. The summed E-state index contributed by atoms with van der Waals surface area (Å²) in [6.45, 7) is 3.84. The van der Waals surface area contributed by atoms with Gasteiger partial charge in [0.2, 0.25) is 0 Å². The second-order valence-corrected chi connectivity index (χ2v) is 3.88. The number of hydrogen-bond donors (Lipinski definition) is 1. The van der Waals surface area contributed by atoms with Crippen LogP contribution in [0.4, 0.5) is 0 Å². The molecule has 2 unspecified atom stereocenters. The second-order valence-electron chi connectivity index (χ2n) is 3.88. The van der Waals surface area contributed by atoms with E-state index in [1.807, 2.05) is 0 Å². The van der Waals surface area contributed by atoms with Crippen LogP contribution in [0.3, 0.4) is 0 Å². The first-order chi connectivity index (χ1) is 5.40. The van der Waals surface area contributed by atoms with Crippen LogP contribution in [-0.4, -0.2) is 12.1 Å². The smallest absolute Gasteiger partial charge is 0.0250 e. The van der Waals surface area contributed by atoms with E-state index < -0.39 is 0 Å². The average Bonchev–Trinajstić information content (AvgIpc) is 2.87. The highest BCUT2D eigenvalue weighted by Gasteiger charge is 2.33. The van der Waals surface area contributed by atoms with Crippen LogP contribution in [0.15, 0.2) is 12.7 Å². The molecule has 2 rings (SSSR count). The van der Waals surface area contributed by atoms with Gasteiger partial charge in [0.05, 0.1) is 0 Å². The Morgan fingerprint density at radius 1 is 1.18 bits per heavy atom. The topological polar surface area (TPSA) is 12.0 Å². The molecule has 0 aromatic rings. The van der Waals surface area contributed by atoms with Crippen LogP contribution in [0.2, 0.25) is 0 Å². The molecule has 0 aromatic carbocycles. The molecule has 0 radical (unpaired) electrons. The number of nitrogens with one attached hydrogen (secondary N) is 1. The Labute approximate surface area is 68.9 Å². The van der Waals surface area contributed by atoms with E-state index >= 15 is 0 Å². The van der Waals surface area contributed by atoms with Gasteiger partial charge in [0.15, 0.2) is 0 Å². The molecule has 1 N–H and O–H groups in total. The van der Waals surface area contributed by atoms with Gasteiger partial charge in [-0.3, -0.25) is 0 Å². The third kappa shape index (κ3) is 1.64. The first-order valence-corrected chi connectivity index (χ1v) is 4.79. The third-order valence-electron chi connectivity index (χ3n) is 2.93. The highest BCUT2D eigenvalue weighted by atomic mass is 15.0. The third-order valence-corrected chi connectivity index (χ3v) is 2.93. The van der Waals surface area contributed by atoms with Crippen LogP contribution < -0.4 is 5.32 Å². The highest BCUT2D eigenvalue weighted by Crippen LogP contribution is 2.36. The van der Waals surface area contributed by atoms with E-state index in [2.05, 4.69) is 18.0 Å². The van der Waals surface area contributed by atoms with Gasteiger partial charge < -0.3 is 5.32 Å². The van der Waals surface area contributed by atoms with Crippen LogP contribution in [0, 0.1) is 5.92 Å². The summed E-state index contributed by atoms with van der Waals surface area (Å²) in [6, 6.07) is 1.43. The Bertz CT molecular complexity index is 149. The van der Waals surface area contributed by atoms with Gasteiger partial charge in [0.25, 0.3) is 0 Å². The summed E-state index contributed by atoms with van der Waals surface area (Å²) in [5.41, 5.74) is 0. The molecule has 1 saturated carbocycles. The fourth-order valence-corrected chi connectivity index (χ4v) is 2.06. The zero-order valence-corrected chi connectivity index (χ0v) is 7.05. The quantitative estimate of drug-likeness (QED) is 0.596. The maximum atomic E-state index is 3.84. The number of piperidine rings is 1. The van der Waals surface area contributed by atoms with E-state index in [-0.39, 0.29) is 0 Å². The summed E-state index contributed by atoms with van der Waals surface area (Å²) in [5, 5.41) is 3.65. The van der Waals surface area contributed by atoms with Gasteiger partial charge in [-0.05, 0) is 31.6 Å². The van der Waals surface area contributed by atoms with Gasteiger partial charge in [-0.25, -0.2) is 0 Å². The first-order valence-electron chi connectivity index (χ1n) is 4.79. The Hall–Kier alpha value is -0.300. The minimum absolute atomic E-state index is 0.606. The van der Waals surface area contributed by atoms with E-state index in [0.717, 1.165) is 12.0 Å². The van der Waals surface area contributed by atoms with Gasteiger partial charge in [0, 0.05) is 12.1 Å². The molecule has 2 aliphatic rings. The summed E-state index contributed by atoms with van der Waals surface area (Å²) in [5.74, 6) is 1.01. The lowest BCUT2D eigenvalue weighted by molar-refractivity contribution is 0.328. The Morgan fingerprint density at radius 2 is 2.00 bits per heavy atom. The SMILES string of the molecule is C=CC1CCCC(C2CC2)N1. The highest BCUT2D eigenvalue weighted by molar-refractivity contribution is 4.96. The molecule has 0 amide bonds. The van der Waals surface area contributed by atoms with Crippen molar-refractivity contribution in [3.05, 3.63) is 12.7 Å². The molecular formula is C10H17N. The molecule has 2 atom stereocenters. The van der Waals surface area contributed by atoms with E-state index in [1.165, 1.54) is 32.1 Å². The monoisotopic (exact) mass is 151 g/mol. The number of hydrogen-bond acceptors (Lipinski definition) is 1. The summed E-state index contributed by atoms with van der Waals surface area (Å²) < 4.78 is 0. The predicted octanol–water partition coefficient (Wildman–Crippen LogP) is 2.09. The van der Waals surface area contributed by atoms with Gasteiger partial charge in [-0.1, -0.05) is 12.5 Å². The normalized spacial score (nSPS) is 38.5.